The van der Waals surface area contributed by atoms with E-state index in [-0.39, 0.29) is 35.5 Å². The molecule has 13 heteroatoms. The number of carbonyl (C=O) groups is 1. The molecule has 44 heavy (non-hydrogen) atoms. The van der Waals surface area contributed by atoms with E-state index >= 15 is 0 Å². The number of benzene rings is 1. The molecule has 0 radical (unpaired) electrons. The van der Waals surface area contributed by atoms with Gasteiger partial charge in [-0.3, -0.25) is 9.36 Å². The highest BCUT2D eigenvalue weighted by Crippen LogP contribution is 2.32. The van der Waals surface area contributed by atoms with Gasteiger partial charge in [0.05, 0.1) is 37.0 Å². The molecule has 6 rings (SSSR count). The van der Waals surface area contributed by atoms with Crippen molar-refractivity contribution in [3.8, 4) is 11.7 Å². The lowest BCUT2D eigenvalue weighted by atomic mass is 9.82. The molecule has 0 atom stereocenters. The van der Waals surface area contributed by atoms with Gasteiger partial charge >= 0.3 is 0 Å². The molecule has 1 amide bonds. The molecule has 3 aliphatic rings. The average Bonchev–Trinajstić information content (AvgIpc) is 3.45. The van der Waals surface area contributed by atoms with Crippen molar-refractivity contribution in [2.75, 3.05) is 64.0 Å². The number of anilines is 1. The van der Waals surface area contributed by atoms with E-state index in [0.717, 1.165) is 58.2 Å². The zero-order valence-electron chi connectivity index (χ0n) is 24.9. The number of rotatable bonds is 10. The van der Waals surface area contributed by atoms with Gasteiger partial charge < -0.3 is 29.7 Å². The van der Waals surface area contributed by atoms with Gasteiger partial charge in [-0.15, -0.1) is 0 Å². The van der Waals surface area contributed by atoms with Gasteiger partial charge in [0, 0.05) is 51.3 Å². The molecule has 2 N–H and O–H groups in total. The number of hydrogen-bond donors (Lipinski definition) is 2. The number of piperidine rings is 1. The summed E-state index contributed by atoms with van der Waals surface area (Å²) in [5.74, 6) is 0.987. The number of imidazole rings is 1. The van der Waals surface area contributed by atoms with Crippen LogP contribution in [0, 0.1) is 11.8 Å². The number of amides is 1. The maximum absolute atomic E-state index is 14.1. The van der Waals surface area contributed by atoms with Gasteiger partial charge in [-0.1, -0.05) is 12.1 Å². The molecule has 1 aromatic carbocycles. The minimum Gasteiger partial charge on any atom is -0.477 e. The third-order valence-corrected chi connectivity index (χ3v) is 8.95. The van der Waals surface area contributed by atoms with Gasteiger partial charge in [-0.05, 0) is 56.6 Å². The third-order valence-electron chi connectivity index (χ3n) is 8.95. The molecular weight excluding hydrogens is 572 g/mol. The summed E-state index contributed by atoms with van der Waals surface area (Å²) in [4.78, 5) is 30.6. The van der Waals surface area contributed by atoms with Gasteiger partial charge in [-0.2, -0.15) is 9.97 Å². The Bertz CT molecular complexity index is 1400. The Morgan fingerprint density at radius 2 is 1.77 bits per heavy atom. The predicted octanol–water partition coefficient (Wildman–Crippen LogP) is 3.35. The number of halogens is 2. The maximum Gasteiger partial charge on any atom is 0.296 e. The lowest BCUT2D eigenvalue weighted by Crippen LogP contribution is -2.42. The van der Waals surface area contributed by atoms with Gasteiger partial charge in [0.1, 0.15) is 5.82 Å². The van der Waals surface area contributed by atoms with Gasteiger partial charge in [-0.25, -0.2) is 13.8 Å². The van der Waals surface area contributed by atoms with Gasteiger partial charge in [0.15, 0.2) is 5.82 Å². The Kier molecular flexibility index (Phi) is 9.82. The van der Waals surface area contributed by atoms with E-state index in [1.807, 2.05) is 4.90 Å². The van der Waals surface area contributed by atoms with E-state index in [1.54, 1.807) is 30.3 Å². The van der Waals surface area contributed by atoms with Crippen molar-refractivity contribution in [1.82, 2.24) is 29.7 Å². The minimum atomic E-state index is -2.79. The molecular formula is C31H41F2N7O4. The summed E-state index contributed by atoms with van der Waals surface area (Å²) in [5, 5.41) is 12.8. The van der Waals surface area contributed by atoms with Crippen LogP contribution in [0.25, 0.3) is 16.9 Å². The van der Waals surface area contributed by atoms with Crippen LogP contribution in [0.15, 0.2) is 30.3 Å². The number of aromatic nitrogens is 4. The number of aliphatic hydroxyl groups is 1. The molecule has 238 valence electrons. The summed E-state index contributed by atoms with van der Waals surface area (Å²) >= 11 is 0. The summed E-state index contributed by atoms with van der Waals surface area (Å²) in [7, 11) is 0. The van der Waals surface area contributed by atoms with E-state index < -0.39 is 6.43 Å². The number of ether oxygens (including phenoxy) is 2. The van der Waals surface area contributed by atoms with Crippen LogP contribution in [0.5, 0.6) is 5.88 Å². The van der Waals surface area contributed by atoms with Crippen molar-refractivity contribution in [2.45, 2.75) is 51.1 Å². The topological polar surface area (TPSA) is 118 Å². The highest BCUT2D eigenvalue weighted by molar-refractivity contribution is 5.79. The number of hydrogen-bond acceptors (Lipinski definition) is 9. The summed E-state index contributed by atoms with van der Waals surface area (Å²) < 4.78 is 41.3. The Morgan fingerprint density at radius 3 is 2.52 bits per heavy atom. The number of morpholine rings is 1. The van der Waals surface area contributed by atoms with Crippen molar-refractivity contribution in [3.05, 3.63) is 36.2 Å². The van der Waals surface area contributed by atoms with Crippen molar-refractivity contribution >= 4 is 22.9 Å². The number of nitrogens with zero attached hydrogens (tertiary/aromatic N) is 6. The fraction of sp³-hybridized carbons (Fsp3) is 0.613. The van der Waals surface area contributed by atoms with Crippen LogP contribution >= 0.6 is 0 Å². The molecule has 0 bridgehead atoms. The molecule has 2 aliphatic heterocycles. The molecule has 2 saturated heterocycles. The molecule has 1 saturated carbocycles. The van der Waals surface area contributed by atoms with E-state index in [0.29, 0.717) is 62.3 Å². The first-order valence-corrected chi connectivity index (χ1v) is 15.7. The molecule has 4 heterocycles. The van der Waals surface area contributed by atoms with Crippen LogP contribution in [-0.2, 0) is 9.53 Å². The van der Waals surface area contributed by atoms with Crippen LogP contribution in [0.4, 0.5) is 14.7 Å². The van der Waals surface area contributed by atoms with E-state index in [1.165, 1.54) is 4.57 Å². The molecule has 0 unspecified atom stereocenters. The fourth-order valence-electron chi connectivity index (χ4n) is 6.35. The van der Waals surface area contributed by atoms with Crippen molar-refractivity contribution < 1.29 is 28.2 Å². The number of alkyl halides is 2. The minimum absolute atomic E-state index is 0.00436. The summed E-state index contributed by atoms with van der Waals surface area (Å²) in [5.41, 5.74) is 0.996. The molecule has 11 nitrogen and oxygen atoms in total. The number of aliphatic hydroxyl groups excluding tert-OH is 1. The molecule has 3 aromatic rings. The Morgan fingerprint density at radius 1 is 1.02 bits per heavy atom. The van der Waals surface area contributed by atoms with Crippen LogP contribution in [-0.4, -0.2) is 101 Å². The number of likely N-dealkylation sites (tertiary alicyclic amines) is 1. The lowest BCUT2D eigenvalue weighted by Gasteiger charge is -2.30. The van der Waals surface area contributed by atoms with Crippen LogP contribution in [0.1, 0.15) is 50.8 Å². The van der Waals surface area contributed by atoms with Gasteiger partial charge in [0.25, 0.3) is 6.43 Å². The van der Waals surface area contributed by atoms with E-state index in [2.05, 4.69) is 25.2 Å². The average molecular weight is 614 g/mol. The lowest BCUT2D eigenvalue weighted by molar-refractivity contribution is -0.126. The van der Waals surface area contributed by atoms with Crippen molar-refractivity contribution in [1.29, 1.82) is 0 Å². The Labute approximate surface area is 255 Å². The molecule has 0 spiro atoms. The number of fused-ring (bicyclic) bond motifs is 1. The highest BCUT2D eigenvalue weighted by atomic mass is 19.3. The zero-order chi connectivity index (χ0) is 30.5. The Hall–Kier alpha value is -3.42. The first-order valence-electron chi connectivity index (χ1n) is 15.7. The Balaban J connectivity index is 1.09. The number of para-hydroxylation sites is 2. The SMILES string of the molecule is O=C(NCCN1CCC(O)CC1)C1CCC(COc2cc(-n3c(C(F)F)nc4ccccc43)nc(N3CCOCC3)n2)CC1. The van der Waals surface area contributed by atoms with Crippen molar-refractivity contribution in [2.24, 2.45) is 11.8 Å². The smallest absolute Gasteiger partial charge is 0.296 e. The predicted molar refractivity (Wildman–Crippen MR) is 160 cm³/mol. The first-order chi connectivity index (χ1) is 21.4. The fourth-order valence-corrected chi connectivity index (χ4v) is 6.35. The standard InChI is InChI=1S/C31H41F2N7O4/c32-28(33)29-35-24-3-1-2-4-25(24)40(29)26-19-27(37-31(36-26)39-15-17-43-18-16-39)44-20-21-5-7-22(8-6-21)30(42)34-11-14-38-12-9-23(41)10-13-38/h1-4,19,21-23,28,41H,5-18,20H2,(H,34,42). The second-order valence-corrected chi connectivity index (χ2v) is 12.0. The van der Waals surface area contributed by atoms with E-state index in [9.17, 15) is 18.7 Å². The largest absolute Gasteiger partial charge is 0.477 e. The second kappa shape index (κ2) is 14.1. The molecule has 3 fully saturated rings. The van der Waals surface area contributed by atoms with Crippen LogP contribution < -0.4 is 15.0 Å². The normalized spacial score (nSPS) is 22.0. The van der Waals surface area contributed by atoms with Crippen LogP contribution in [0.3, 0.4) is 0 Å². The highest BCUT2D eigenvalue weighted by Gasteiger charge is 2.28. The van der Waals surface area contributed by atoms with Crippen molar-refractivity contribution in [3.63, 3.8) is 0 Å². The number of nitrogens with one attached hydrogen (secondary N) is 1. The number of carbonyl (C=O) groups excluding carboxylic acids is 1. The molecule has 2 aromatic heterocycles. The summed E-state index contributed by atoms with van der Waals surface area (Å²) in [6.07, 6.45) is 1.91. The zero-order valence-corrected chi connectivity index (χ0v) is 24.9. The van der Waals surface area contributed by atoms with Gasteiger partial charge in [0.2, 0.25) is 17.7 Å². The first kappa shape index (κ1) is 30.6. The monoisotopic (exact) mass is 613 g/mol. The quantitative estimate of drug-likeness (QED) is 0.355. The summed E-state index contributed by atoms with van der Waals surface area (Å²) in [6, 6.07) is 8.61. The second-order valence-electron chi connectivity index (χ2n) is 12.0. The molecule has 1 aliphatic carbocycles. The van der Waals surface area contributed by atoms with Crippen LogP contribution in [0.2, 0.25) is 0 Å². The third kappa shape index (κ3) is 7.27. The van der Waals surface area contributed by atoms with E-state index in [4.69, 9.17) is 9.47 Å². The maximum atomic E-state index is 14.1. The summed E-state index contributed by atoms with van der Waals surface area (Å²) in [6.45, 7) is 5.82.